The number of benzene rings is 2. The monoisotopic (exact) mass is 370 g/mol. The molecule has 26 heavy (non-hydrogen) atoms. The van der Waals surface area contributed by atoms with E-state index in [9.17, 15) is 0 Å². The number of quaternary nitrogens is 1. The molecule has 138 valence electrons. The molecule has 0 radical (unpaired) electrons. The molecule has 0 unspecified atom stereocenters. The van der Waals surface area contributed by atoms with Gasteiger partial charge in [0.25, 0.3) is 0 Å². The molecule has 0 aliphatic carbocycles. The van der Waals surface area contributed by atoms with Gasteiger partial charge < -0.3 is 20.3 Å². The molecule has 1 fully saturated rings. The predicted octanol–water partition coefficient (Wildman–Crippen LogP) is 2.33. The van der Waals surface area contributed by atoms with Crippen molar-refractivity contribution in [2.75, 3.05) is 31.6 Å². The van der Waals surface area contributed by atoms with E-state index in [1.165, 1.54) is 11.1 Å². The van der Waals surface area contributed by atoms with E-state index in [4.69, 9.17) is 17.0 Å². The van der Waals surface area contributed by atoms with Crippen molar-refractivity contribution < 1.29 is 9.64 Å². The molecule has 0 saturated carbocycles. The summed E-state index contributed by atoms with van der Waals surface area (Å²) < 4.78 is 5.56. The van der Waals surface area contributed by atoms with Crippen LogP contribution in [0.4, 0.5) is 5.69 Å². The Bertz CT molecular complexity index is 716. The first-order valence-corrected chi connectivity index (χ1v) is 9.66. The van der Waals surface area contributed by atoms with Crippen LogP contribution in [0.25, 0.3) is 0 Å². The number of rotatable bonds is 5. The highest BCUT2D eigenvalue weighted by atomic mass is 32.1. The maximum Gasteiger partial charge on any atom is 0.171 e. The third-order valence-electron chi connectivity index (χ3n) is 4.87. The van der Waals surface area contributed by atoms with E-state index >= 15 is 0 Å². The lowest BCUT2D eigenvalue weighted by Gasteiger charge is -2.35. The number of ether oxygens (including phenoxy) is 1. The molecule has 2 aromatic carbocycles. The first-order valence-electron chi connectivity index (χ1n) is 9.25. The minimum absolute atomic E-state index is 0.204. The zero-order valence-corrected chi connectivity index (χ0v) is 16.3. The maximum absolute atomic E-state index is 5.57. The summed E-state index contributed by atoms with van der Waals surface area (Å²) in [6, 6.07) is 19.5. The molecule has 3 N–H and O–H groups in total. The van der Waals surface area contributed by atoms with Gasteiger partial charge in [-0.2, -0.15) is 0 Å². The minimum Gasteiger partial charge on any atom is -0.370 e. The van der Waals surface area contributed by atoms with Crippen LogP contribution >= 0.6 is 12.2 Å². The molecule has 0 aromatic heterocycles. The van der Waals surface area contributed by atoms with Gasteiger partial charge in [0.15, 0.2) is 5.11 Å². The quantitative estimate of drug-likeness (QED) is 0.707. The molecule has 1 heterocycles. The summed E-state index contributed by atoms with van der Waals surface area (Å²) in [5, 5.41) is 7.48. The molecule has 0 bridgehead atoms. The Kier molecular flexibility index (Phi) is 6.61. The van der Waals surface area contributed by atoms with Crippen LogP contribution in [-0.2, 0) is 4.74 Å². The van der Waals surface area contributed by atoms with Crippen LogP contribution in [0.2, 0.25) is 0 Å². The van der Waals surface area contributed by atoms with Crippen molar-refractivity contribution in [1.82, 2.24) is 5.32 Å². The van der Waals surface area contributed by atoms with E-state index in [-0.39, 0.29) is 6.04 Å². The van der Waals surface area contributed by atoms with Crippen LogP contribution in [0, 0.1) is 6.92 Å². The molecule has 2 atom stereocenters. The van der Waals surface area contributed by atoms with Crippen molar-refractivity contribution in [2.24, 2.45) is 0 Å². The summed E-state index contributed by atoms with van der Waals surface area (Å²) >= 11 is 5.57. The molecule has 3 rings (SSSR count). The van der Waals surface area contributed by atoms with Crippen molar-refractivity contribution in [3.8, 4) is 0 Å². The average molecular weight is 371 g/mol. The lowest BCUT2D eigenvalue weighted by atomic mass is 9.98. The average Bonchev–Trinajstić information content (AvgIpc) is 2.63. The van der Waals surface area contributed by atoms with E-state index in [0.29, 0.717) is 11.2 Å². The standard InChI is InChI=1S/C21H27N3OS/c1-16-7-6-10-19(15-16)23-21(26)22-17(2)20(18-8-4-3-5-9-18)24-11-13-25-14-12-24/h3-10,15,17,20H,11-14H2,1-2H3,(H2,22,23,26)/p+1/t17-,20-/m1/s1. The number of nitrogens with one attached hydrogen (secondary N) is 3. The fourth-order valence-corrected chi connectivity index (χ4v) is 3.97. The summed E-state index contributed by atoms with van der Waals surface area (Å²) in [6.45, 7) is 7.96. The second kappa shape index (κ2) is 9.12. The van der Waals surface area contributed by atoms with E-state index in [0.717, 1.165) is 32.0 Å². The van der Waals surface area contributed by atoms with E-state index in [2.05, 4.69) is 66.9 Å². The largest absolute Gasteiger partial charge is 0.370 e. The Balaban J connectivity index is 1.70. The van der Waals surface area contributed by atoms with Crippen LogP contribution in [-0.4, -0.2) is 37.5 Å². The van der Waals surface area contributed by atoms with Crippen molar-refractivity contribution in [3.05, 3.63) is 65.7 Å². The Morgan fingerprint density at radius 3 is 2.50 bits per heavy atom. The zero-order chi connectivity index (χ0) is 18.4. The maximum atomic E-state index is 5.57. The fourth-order valence-electron chi connectivity index (χ4n) is 3.66. The number of hydrogen-bond donors (Lipinski definition) is 3. The summed E-state index contributed by atoms with van der Waals surface area (Å²) in [4.78, 5) is 1.54. The number of thiocarbonyl (C=S) groups is 1. The van der Waals surface area contributed by atoms with E-state index < -0.39 is 0 Å². The first kappa shape index (κ1) is 18.8. The van der Waals surface area contributed by atoms with Gasteiger partial charge in [0.1, 0.15) is 19.1 Å². The molecule has 5 heteroatoms. The van der Waals surface area contributed by atoms with Crippen molar-refractivity contribution in [1.29, 1.82) is 0 Å². The molecule has 1 saturated heterocycles. The SMILES string of the molecule is Cc1cccc(NC(=S)N[C@H](C)[C@H](c2ccccc2)[NH+]2CCOCC2)c1. The highest BCUT2D eigenvalue weighted by Gasteiger charge is 2.31. The van der Waals surface area contributed by atoms with Gasteiger partial charge in [-0.3, -0.25) is 0 Å². The number of morpholine rings is 1. The van der Waals surface area contributed by atoms with Crippen LogP contribution in [0.15, 0.2) is 54.6 Å². The zero-order valence-electron chi connectivity index (χ0n) is 15.5. The topological polar surface area (TPSA) is 37.7 Å². The fraction of sp³-hybridized carbons (Fsp3) is 0.381. The van der Waals surface area contributed by atoms with Crippen LogP contribution in [0.3, 0.4) is 0 Å². The summed E-state index contributed by atoms with van der Waals surface area (Å²) in [5.74, 6) is 0. The second-order valence-corrected chi connectivity index (χ2v) is 7.32. The predicted molar refractivity (Wildman–Crippen MR) is 111 cm³/mol. The molecule has 2 aromatic rings. The van der Waals surface area contributed by atoms with Crippen LogP contribution < -0.4 is 15.5 Å². The number of hydrogen-bond acceptors (Lipinski definition) is 2. The third-order valence-corrected chi connectivity index (χ3v) is 5.09. The van der Waals surface area contributed by atoms with Crippen LogP contribution in [0.5, 0.6) is 0 Å². The smallest absolute Gasteiger partial charge is 0.171 e. The van der Waals surface area contributed by atoms with Crippen molar-refractivity contribution >= 4 is 23.0 Å². The van der Waals surface area contributed by atoms with Crippen molar-refractivity contribution in [2.45, 2.75) is 25.9 Å². The lowest BCUT2D eigenvalue weighted by molar-refractivity contribution is -0.940. The molecule has 4 nitrogen and oxygen atoms in total. The lowest BCUT2D eigenvalue weighted by Crippen LogP contribution is -3.15. The Hall–Kier alpha value is -1.95. The van der Waals surface area contributed by atoms with Gasteiger partial charge in [-0.25, -0.2) is 0 Å². The molecule has 0 spiro atoms. The van der Waals surface area contributed by atoms with Gasteiger partial charge in [-0.05, 0) is 43.8 Å². The second-order valence-electron chi connectivity index (χ2n) is 6.92. The summed E-state index contributed by atoms with van der Waals surface area (Å²) in [5.41, 5.74) is 3.57. The van der Waals surface area contributed by atoms with Gasteiger partial charge in [0.2, 0.25) is 0 Å². The normalized spacial score (nSPS) is 17.3. The number of anilines is 1. The van der Waals surface area contributed by atoms with Gasteiger partial charge in [0, 0.05) is 11.3 Å². The third kappa shape index (κ3) is 5.04. The van der Waals surface area contributed by atoms with Gasteiger partial charge in [-0.1, -0.05) is 42.5 Å². The van der Waals surface area contributed by atoms with E-state index in [1.54, 1.807) is 4.90 Å². The molecular weight excluding hydrogens is 342 g/mol. The van der Waals surface area contributed by atoms with E-state index in [1.807, 2.05) is 12.1 Å². The van der Waals surface area contributed by atoms with Gasteiger partial charge in [0.05, 0.1) is 19.3 Å². The minimum atomic E-state index is 0.204. The highest BCUT2D eigenvalue weighted by Crippen LogP contribution is 2.15. The molecule has 1 aliphatic rings. The molecule has 1 aliphatic heterocycles. The Labute approximate surface area is 161 Å². The summed E-state index contributed by atoms with van der Waals surface area (Å²) in [6.07, 6.45) is 0. The first-order chi connectivity index (χ1) is 12.6. The highest BCUT2D eigenvalue weighted by molar-refractivity contribution is 7.80. The number of aryl methyl sites for hydroxylation is 1. The molecule has 0 amide bonds. The van der Waals surface area contributed by atoms with Gasteiger partial charge >= 0.3 is 0 Å². The van der Waals surface area contributed by atoms with Crippen LogP contribution in [0.1, 0.15) is 24.1 Å². The Morgan fingerprint density at radius 1 is 1.08 bits per heavy atom. The van der Waals surface area contributed by atoms with Crippen molar-refractivity contribution in [3.63, 3.8) is 0 Å². The molecular formula is C21H28N3OS+. The summed E-state index contributed by atoms with van der Waals surface area (Å²) in [7, 11) is 0. The van der Waals surface area contributed by atoms with Gasteiger partial charge in [-0.15, -0.1) is 0 Å². The Morgan fingerprint density at radius 2 is 1.81 bits per heavy atom.